The molecule has 1 aromatic heterocycles. The molecular formula is C19H20N2O. The number of rotatable bonds is 6. The van der Waals surface area contributed by atoms with Crippen LogP contribution in [0.3, 0.4) is 0 Å². The largest absolute Gasteiger partial charge is 0.356 e. The molecule has 3 rings (SSSR count). The normalized spacial score (nSPS) is 12.4. The van der Waals surface area contributed by atoms with Crippen molar-refractivity contribution in [3.8, 4) is 11.3 Å². The Bertz CT molecular complexity index is 776. The fourth-order valence-electron chi connectivity index (χ4n) is 2.78. The van der Waals surface area contributed by atoms with Crippen molar-refractivity contribution in [2.45, 2.75) is 18.9 Å². The van der Waals surface area contributed by atoms with E-state index in [2.05, 4.69) is 41.3 Å². The highest BCUT2D eigenvalue weighted by Crippen LogP contribution is 2.30. The summed E-state index contributed by atoms with van der Waals surface area (Å²) in [5, 5.41) is 8.69. The predicted molar refractivity (Wildman–Crippen MR) is 90.8 cm³/mol. The Morgan fingerprint density at radius 3 is 2.77 bits per heavy atom. The van der Waals surface area contributed by atoms with Gasteiger partial charge in [-0.1, -0.05) is 47.6 Å². The van der Waals surface area contributed by atoms with Gasteiger partial charge in [0.2, 0.25) is 0 Å². The van der Waals surface area contributed by atoms with Crippen molar-refractivity contribution in [3.63, 3.8) is 0 Å². The maximum atomic E-state index is 5.46. The van der Waals surface area contributed by atoms with Crippen LogP contribution >= 0.6 is 0 Å². The van der Waals surface area contributed by atoms with E-state index >= 15 is 0 Å². The Morgan fingerprint density at radius 2 is 1.95 bits per heavy atom. The summed E-state index contributed by atoms with van der Waals surface area (Å²) >= 11 is 0. The van der Waals surface area contributed by atoms with E-state index in [1.807, 2.05) is 37.4 Å². The summed E-state index contributed by atoms with van der Waals surface area (Å²) in [6.45, 7) is 3.84. The summed E-state index contributed by atoms with van der Waals surface area (Å²) in [6.07, 6.45) is 3.82. The quantitative estimate of drug-likeness (QED) is 0.692. The number of nitrogens with zero attached hydrogens (tertiary/aromatic N) is 1. The van der Waals surface area contributed by atoms with Crippen LogP contribution in [0.1, 0.15) is 12.0 Å². The van der Waals surface area contributed by atoms with Gasteiger partial charge in [0.05, 0.1) is 0 Å². The van der Waals surface area contributed by atoms with Crippen LogP contribution in [0, 0.1) is 0 Å². The summed E-state index contributed by atoms with van der Waals surface area (Å²) in [6, 6.07) is 16.7. The Kier molecular flexibility index (Phi) is 4.35. The third-order valence-electron chi connectivity index (χ3n) is 3.98. The standard InChI is InChI=1S/C19H20N2O/c1-3-8-15(20-2)13-14-9-4-5-10-16(14)19-17-11-6-7-12-18(17)22-21-19/h3-7,9-12,15,20H,1,8,13H2,2H3. The summed E-state index contributed by atoms with van der Waals surface area (Å²) in [4.78, 5) is 0. The number of para-hydroxylation sites is 1. The van der Waals surface area contributed by atoms with Gasteiger partial charge >= 0.3 is 0 Å². The van der Waals surface area contributed by atoms with E-state index in [0.717, 1.165) is 35.1 Å². The molecule has 3 nitrogen and oxygen atoms in total. The zero-order chi connectivity index (χ0) is 15.4. The van der Waals surface area contributed by atoms with Gasteiger partial charge in [0.25, 0.3) is 0 Å². The van der Waals surface area contributed by atoms with Crippen molar-refractivity contribution in [1.82, 2.24) is 10.5 Å². The second-order valence-electron chi connectivity index (χ2n) is 5.40. The van der Waals surface area contributed by atoms with Crippen LogP contribution < -0.4 is 5.32 Å². The highest BCUT2D eigenvalue weighted by atomic mass is 16.5. The molecular weight excluding hydrogens is 272 g/mol. The molecule has 112 valence electrons. The number of likely N-dealkylation sites (N-methyl/N-ethyl adjacent to an activating group) is 1. The number of hydrogen-bond donors (Lipinski definition) is 1. The average molecular weight is 292 g/mol. The van der Waals surface area contributed by atoms with Gasteiger partial charge in [-0.3, -0.25) is 0 Å². The summed E-state index contributed by atoms with van der Waals surface area (Å²) in [5.41, 5.74) is 4.14. The van der Waals surface area contributed by atoms with E-state index in [4.69, 9.17) is 4.52 Å². The van der Waals surface area contributed by atoms with E-state index < -0.39 is 0 Å². The van der Waals surface area contributed by atoms with Gasteiger partial charge in [0.15, 0.2) is 5.58 Å². The molecule has 0 bridgehead atoms. The van der Waals surface area contributed by atoms with Crippen molar-refractivity contribution in [2.75, 3.05) is 7.05 Å². The number of hydrogen-bond acceptors (Lipinski definition) is 3. The van der Waals surface area contributed by atoms with Crippen LogP contribution in [-0.2, 0) is 6.42 Å². The second kappa shape index (κ2) is 6.58. The van der Waals surface area contributed by atoms with Crippen molar-refractivity contribution < 1.29 is 4.52 Å². The first-order valence-corrected chi connectivity index (χ1v) is 7.54. The lowest BCUT2D eigenvalue weighted by Gasteiger charge is -2.16. The minimum Gasteiger partial charge on any atom is -0.356 e. The van der Waals surface area contributed by atoms with Crippen molar-refractivity contribution in [2.24, 2.45) is 0 Å². The maximum Gasteiger partial charge on any atom is 0.167 e. The molecule has 0 radical (unpaired) electrons. The lowest BCUT2D eigenvalue weighted by Crippen LogP contribution is -2.27. The second-order valence-corrected chi connectivity index (χ2v) is 5.40. The molecule has 0 fully saturated rings. The zero-order valence-electron chi connectivity index (χ0n) is 12.8. The molecule has 0 saturated heterocycles. The predicted octanol–water partition coefficient (Wildman–Crippen LogP) is 4.20. The van der Waals surface area contributed by atoms with Crippen molar-refractivity contribution in [3.05, 3.63) is 66.7 Å². The van der Waals surface area contributed by atoms with Crippen LogP contribution in [0.25, 0.3) is 22.2 Å². The molecule has 1 unspecified atom stereocenters. The number of fused-ring (bicyclic) bond motifs is 1. The van der Waals surface area contributed by atoms with Gasteiger partial charge in [-0.2, -0.15) is 0 Å². The average Bonchev–Trinajstić information content (AvgIpc) is 2.99. The molecule has 0 spiro atoms. The van der Waals surface area contributed by atoms with Gasteiger partial charge in [-0.25, -0.2) is 0 Å². The molecule has 0 aliphatic heterocycles. The van der Waals surface area contributed by atoms with E-state index in [9.17, 15) is 0 Å². The molecule has 0 amide bonds. The summed E-state index contributed by atoms with van der Waals surface area (Å²) < 4.78 is 5.46. The topological polar surface area (TPSA) is 38.1 Å². The fourth-order valence-corrected chi connectivity index (χ4v) is 2.78. The number of nitrogens with one attached hydrogen (secondary N) is 1. The molecule has 0 aliphatic rings. The Morgan fingerprint density at radius 1 is 1.18 bits per heavy atom. The van der Waals surface area contributed by atoms with Gasteiger partial charge in [0.1, 0.15) is 5.69 Å². The van der Waals surface area contributed by atoms with Crippen LogP contribution in [0.4, 0.5) is 0 Å². The molecule has 22 heavy (non-hydrogen) atoms. The van der Waals surface area contributed by atoms with Crippen LogP contribution in [0.5, 0.6) is 0 Å². The monoisotopic (exact) mass is 292 g/mol. The first-order chi connectivity index (χ1) is 10.8. The van der Waals surface area contributed by atoms with E-state index in [0.29, 0.717) is 6.04 Å². The number of aromatic nitrogens is 1. The highest BCUT2D eigenvalue weighted by molar-refractivity contribution is 5.92. The summed E-state index contributed by atoms with van der Waals surface area (Å²) in [5.74, 6) is 0. The SMILES string of the molecule is C=CCC(Cc1ccccc1-c1noc2ccccc12)NC. The van der Waals surface area contributed by atoms with Gasteiger partial charge in [0, 0.05) is 17.0 Å². The minimum atomic E-state index is 0.372. The first kappa shape index (κ1) is 14.5. The lowest BCUT2D eigenvalue weighted by atomic mass is 9.95. The van der Waals surface area contributed by atoms with Gasteiger partial charge < -0.3 is 9.84 Å². The fraction of sp³-hybridized carbons (Fsp3) is 0.211. The van der Waals surface area contributed by atoms with Gasteiger partial charge in [-0.05, 0) is 37.6 Å². The Balaban J connectivity index is 2.02. The van der Waals surface area contributed by atoms with Crippen molar-refractivity contribution >= 4 is 11.0 Å². The molecule has 2 aromatic carbocycles. The first-order valence-electron chi connectivity index (χ1n) is 7.54. The number of benzene rings is 2. The smallest absolute Gasteiger partial charge is 0.167 e. The molecule has 0 aliphatic carbocycles. The molecule has 1 atom stereocenters. The van der Waals surface area contributed by atoms with Crippen LogP contribution in [0.15, 0.2) is 65.7 Å². The molecule has 3 heteroatoms. The third-order valence-corrected chi connectivity index (χ3v) is 3.98. The van der Waals surface area contributed by atoms with E-state index in [-0.39, 0.29) is 0 Å². The van der Waals surface area contributed by atoms with Crippen LogP contribution in [-0.4, -0.2) is 18.2 Å². The molecule has 1 N–H and O–H groups in total. The molecule has 0 saturated carbocycles. The Labute approximate surface area is 130 Å². The van der Waals surface area contributed by atoms with E-state index in [1.165, 1.54) is 5.56 Å². The minimum absolute atomic E-state index is 0.372. The molecule has 3 aromatic rings. The Hall–Kier alpha value is -2.39. The third kappa shape index (κ3) is 2.81. The zero-order valence-corrected chi connectivity index (χ0v) is 12.8. The van der Waals surface area contributed by atoms with E-state index in [1.54, 1.807) is 0 Å². The summed E-state index contributed by atoms with van der Waals surface area (Å²) in [7, 11) is 1.99. The highest BCUT2D eigenvalue weighted by Gasteiger charge is 2.15. The van der Waals surface area contributed by atoms with Gasteiger partial charge in [-0.15, -0.1) is 6.58 Å². The van der Waals surface area contributed by atoms with Crippen LogP contribution in [0.2, 0.25) is 0 Å². The maximum absolute atomic E-state index is 5.46. The molecule has 1 heterocycles. The lowest BCUT2D eigenvalue weighted by molar-refractivity contribution is 0.459. The van der Waals surface area contributed by atoms with Crippen molar-refractivity contribution in [1.29, 1.82) is 0 Å².